The molecule has 0 amide bonds. The summed E-state index contributed by atoms with van der Waals surface area (Å²) in [7, 11) is 0. The predicted octanol–water partition coefficient (Wildman–Crippen LogP) is 4.43. The number of hydrogen-bond acceptors (Lipinski definition) is 3. The zero-order chi connectivity index (χ0) is 19.6. The minimum absolute atomic E-state index is 0.0476. The first-order valence-corrected chi connectivity index (χ1v) is 9.64. The van der Waals surface area contributed by atoms with Crippen LogP contribution in [0.2, 0.25) is 0 Å². The van der Waals surface area contributed by atoms with E-state index >= 15 is 0 Å². The Bertz CT molecular complexity index is 870. The van der Waals surface area contributed by atoms with Gasteiger partial charge in [-0.3, -0.25) is 4.90 Å². The molecule has 3 nitrogen and oxygen atoms in total. The van der Waals surface area contributed by atoms with E-state index in [-0.39, 0.29) is 23.9 Å². The highest BCUT2D eigenvalue weighted by molar-refractivity contribution is 5.39. The third kappa shape index (κ3) is 3.30. The molecule has 1 aliphatic heterocycles. The van der Waals surface area contributed by atoms with Gasteiger partial charge in [0.25, 0.3) is 0 Å². The van der Waals surface area contributed by atoms with Crippen LogP contribution < -0.4 is 0 Å². The largest absolute Gasteiger partial charge is 0.508 e. The van der Waals surface area contributed by atoms with E-state index < -0.39 is 11.4 Å². The van der Waals surface area contributed by atoms with Crippen LogP contribution in [0.1, 0.15) is 29.5 Å². The topological polar surface area (TPSA) is 43.7 Å². The van der Waals surface area contributed by atoms with Crippen molar-refractivity contribution in [1.29, 1.82) is 0 Å². The maximum atomic E-state index is 14.3. The van der Waals surface area contributed by atoms with Crippen LogP contribution in [0.25, 0.3) is 0 Å². The molecule has 0 bridgehead atoms. The van der Waals surface area contributed by atoms with Gasteiger partial charge >= 0.3 is 0 Å². The number of hydrogen-bond donors (Lipinski definition) is 2. The quantitative estimate of drug-likeness (QED) is 0.691. The number of aromatic hydroxyl groups is 1. The molecule has 3 aromatic carbocycles. The van der Waals surface area contributed by atoms with Crippen molar-refractivity contribution in [2.75, 3.05) is 6.54 Å². The van der Waals surface area contributed by atoms with E-state index in [2.05, 4.69) is 4.90 Å². The highest BCUT2D eigenvalue weighted by Gasteiger charge is 2.45. The summed E-state index contributed by atoms with van der Waals surface area (Å²) in [6, 6.07) is 23.4. The van der Waals surface area contributed by atoms with Crippen LogP contribution in [-0.2, 0) is 12.1 Å². The zero-order valence-electron chi connectivity index (χ0n) is 15.6. The molecule has 2 N–H and O–H groups in total. The van der Waals surface area contributed by atoms with Gasteiger partial charge in [0.15, 0.2) is 0 Å². The first-order valence-electron chi connectivity index (χ1n) is 9.64. The lowest BCUT2D eigenvalue weighted by molar-refractivity contribution is -0.00703. The molecule has 0 saturated carbocycles. The van der Waals surface area contributed by atoms with E-state index in [0.29, 0.717) is 0 Å². The van der Waals surface area contributed by atoms with Crippen LogP contribution in [0.15, 0.2) is 78.9 Å². The van der Waals surface area contributed by atoms with Gasteiger partial charge in [0.1, 0.15) is 17.2 Å². The molecule has 0 spiro atoms. The molecule has 28 heavy (non-hydrogen) atoms. The highest BCUT2D eigenvalue weighted by Crippen LogP contribution is 2.41. The Labute approximate surface area is 164 Å². The van der Waals surface area contributed by atoms with E-state index in [9.17, 15) is 14.6 Å². The van der Waals surface area contributed by atoms with Crippen LogP contribution in [-0.4, -0.2) is 27.7 Å². The third-order valence-corrected chi connectivity index (χ3v) is 5.73. The Morgan fingerprint density at radius 3 is 2.07 bits per heavy atom. The summed E-state index contributed by atoms with van der Waals surface area (Å²) in [5.41, 5.74) is 0.685. The maximum absolute atomic E-state index is 14.3. The third-order valence-electron chi connectivity index (χ3n) is 5.73. The van der Waals surface area contributed by atoms with Crippen LogP contribution in [0.5, 0.6) is 5.75 Å². The minimum Gasteiger partial charge on any atom is -0.508 e. The molecule has 0 unspecified atom stereocenters. The summed E-state index contributed by atoms with van der Waals surface area (Å²) < 4.78 is 14.3. The van der Waals surface area contributed by atoms with E-state index in [4.69, 9.17) is 0 Å². The Balaban J connectivity index is 1.76. The number of halogens is 1. The van der Waals surface area contributed by atoms with Crippen LogP contribution in [0, 0.1) is 5.82 Å². The van der Waals surface area contributed by atoms with Crippen molar-refractivity contribution in [2.45, 2.75) is 31.0 Å². The number of aliphatic hydroxyl groups is 1. The van der Waals surface area contributed by atoms with Gasteiger partial charge < -0.3 is 10.2 Å². The van der Waals surface area contributed by atoms with Crippen molar-refractivity contribution in [3.63, 3.8) is 0 Å². The molecule has 4 rings (SSSR count). The van der Waals surface area contributed by atoms with Gasteiger partial charge in [-0.15, -0.1) is 0 Å². The number of likely N-dealkylation sites (tertiary alicyclic amines) is 1. The monoisotopic (exact) mass is 377 g/mol. The lowest BCUT2D eigenvalue weighted by atomic mass is 9.79. The molecule has 4 heteroatoms. The van der Waals surface area contributed by atoms with Crippen molar-refractivity contribution in [1.82, 2.24) is 4.90 Å². The van der Waals surface area contributed by atoms with Crippen LogP contribution in [0.3, 0.4) is 0 Å². The molecule has 1 saturated heterocycles. The normalized spacial score (nSPS) is 17.7. The number of nitrogens with zero attached hydrogens (tertiary/aromatic N) is 1. The Morgan fingerprint density at radius 2 is 1.50 bits per heavy atom. The summed E-state index contributed by atoms with van der Waals surface area (Å²) in [5.74, 6) is -0.470. The number of benzene rings is 3. The zero-order valence-corrected chi connectivity index (χ0v) is 15.6. The second-order valence-electron chi connectivity index (χ2n) is 7.36. The second kappa shape index (κ2) is 7.74. The molecule has 3 aromatic rings. The number of phenols is 1. The first kappa shape index (κ1) is 18.7. The molecule has 0 aromatic heterocycles. The van der Waals surface area contributed by atoms with Crippen molar-refractivity contribution in [3.8, 4) is 5.75 Å². The SMILES string of the molecule is Oc1cccc(F)c1CN1CCC[C@@H]1C(O)(c1ccccc1)c1ccccc1. The Morgan fingerprint density at radius 1 is 0.893 bits per heavy atom. The second-order valence-corrected chi connectivity index (χ2v) is 7.36. The van der Waals surface area contributed by atoms with E-state index in [1.165, 1.54) is 18.2 Å². The molecule has 1 atom stereocenters. The molecule has 144 valence electrons. The van der Waals surface area contributed by atoms with Crippen LogP contribution in [0.4, 0.5) is 4.39 Å². The van der Waals surface area contributed by atoms with E-state index in [0.717, 1.165) is 30.5 Å². The summed E-state index contributed by atoms with van der Waals surface area (Å²) >= 11 is 0. The van der Waals surface area contributed by atoms with Crippen molar-refractivity contribution in [2.24, 2.45) is 0 Å². The van der Waals surface area contributed by atoms with Gasteiger partial charge in [-0.1, -0.05) is 66.7 Å². The molecule has 1 heterocycles. The molecular formula is C24H24FNO2. The summed E-state index contributed by atoms with van der Waals surface area (Å²) in [4.78, 5) is 2.08. The predicted molar refractivity (Wildman–Crippen MR) is 107 cm³/mol. The standard InChI is InChI=1S/C24H24FNO2/c25-21-13-7-14-22(27)20(21)17-26-16-8-15-23(26)24(28,18-9-3-1-4-10-18)19-11-5-2-6-12-19/h1-7,9-14,23,27-28H,8,15-17H2/t23-/m1/s1. The van der Waals surface area contributed by atoms with Gasteiger partial charge in [-0.25, -0.2) is 4.39 Å². The van der Waals surface area contributed by atoms with Gasteiger partial charge in [-0.2, -0.15) is 0 Å². The molecule has 1 fully saturated rings. The minimum atomic E-state index is -1.22. The van der Waals surface area contributed by atoms with E-state index in [1.54, 1.807) is 0 Å². The summed E-state index contributed by atoms with van der Waals surface area (Å²) in [6.07, 6.45) is 1.69. The summed E-state index contributed by atoms with van der Waals surface area (Å²) in [5, 5.41) is 22.2. The van der Waals surface area contributed by atoms with Crippen molar-refractivity contribution < 1.29 is 14.6 Å². The molecule has 0 radical (unpaired) electrons. The van der Waals surface area contributed by atoms with Gasteiger partial charge in [0.2, 0.25) is 0 Å². The molecule has 1 aliphatic rings. The summed E-state index contributed by atoms with van der Waals surface area (Å²) in [6.45, 7) is 0.992. The van der Waals surface area contributed by atoms with Crippen molar-refractivity contribution >= 4 is 0 Å². The highest BCUT2D eigenvalue weighted by atomic mass is 19.1. The van der Waals surface area contributed by atoms with Gasteiger partial charge in [0.05, 0.1) is 0 Å². The number of phenolic OH excluding ortho intramolecular Hbond substituents is 1. The van der Waals surface area contributed by atoms with Gasteiger partial charge in [0, 0.05) is 18.2 Å². The fourth-order valence-corrected chi connectivity index (χ4v) is 4.33. The lowest BCUT2D eigenvalue weighted by Crippen LogP contribution is -2.48. The first-order chi connectivity index (χ1) is 13.6. The smallest absolute Gasteiger partial charge is 0.131 e. The Hall–Kier alpha value is -2.69. The fourth-order valence-electron chi connectivity index (χ4n) is 4.33. The Kier molecular flexibility index (Phi) is 5.16. The average Bonchev–Trinajstić information content (AvgIpc) is 3.20. The average molecular weight is 377 g/mol. The molecule has 0 aliphatic carbocycles. The maximum Gasteiger partial charge on any atom is 0.131 e. The molecular weight excluding hydrogens is 353 g/mol. The fraction of sp³-hybridized carbons (Fsp3) is 0.250. The van der Waals surface area contributed by atoms with Crippen molar-refractivity contribution in [3.05, 3.63) is 101 Å². The van der Waals surface area contributed by atoms with Crippen LogP contribution >= 0.6 is 0 Å². The van der Waals surface area contributed by atoms with Gasteiger partial charge in [-0.05, 0) is 42.6 Å². The number of rotatable bonds is 5. The lowest BCUT2D eigenvalue weighted by Gasteiger charge is -2.40. The van der Waals surface area contributed by atoms with E-state index in [1.807, 2.05) is 60.7 Å².